The molecule has 1 saturated carbocycles. The summed E-state index contributed by atoms with van der Waals surface area (Å²) in [6.45, 7) is 2.89. The number of nitrogens with one attached hydrogen (secondary N) is 1. The molecule has 1 N–H and O–H groups in total. The van der Waals surface area contributed by atoms with Crippen LogP contribution in [-0.4, -0.2) is 25.2 Å². The molecule has 19 heavy (non-hydrogen) atoms. The Morgan fingerprint density at radius 2 is 2.37 bits per heavy atom. The summed E-state index contributed by atoms with van der Waals surface area (Å²) in [6, 6.07) is 0.691. The Kier molecular flexibility index (Phi) is 2.46. The lowest BCUT2D eigenvalue weighted by molar-refractivity contribution is 0.663. The highest BCUT2D eigenvalue weighted by atomic mass is 32.1. The molecule has 1 fully saturated rings. The Balaban J connectivity index is 1.78. The van der Waals surface area contributed by atoms with Crippen LogP contribution in [0.3, 0.4) is 0 Å². The third-order valence-corrected chi connectivity index (χ3v) is 4.16. The first-order chi connectivity index (χ1) is 9.31. The molecule has 0 radical (unpaired) electrons. The summed E-state index contributed by atoms with van der Waals surface area (Å²) < 4.78 is 4.03. The van der Waals surface area contributed by atoms with Crippen molar-refractivity contribution >= 4 is 16.3 Å². The van der Waals surface area contributed by atoms with Crippen LogP contribution >= 0.6 is 11.3 Å². The fourth-order valence-corrected chi connectivity index (χ4v) is 2.95. The Morgan fingerprint density at radius 3 is 3.11 bits per heavy atom. The summed E-state index contributed by atoms with van der Waals surface area (Å²) in [5.74, 6) is 0.938. The largest absolute Gasteiger partial charge is 0.308 e. The molecule has 1 aliphatic rings. The summed E-state index contributed by atoms with van der Waals surface area (Å²) in [5, 5.41) is 10.0. The first-order valence-corrected chi connectivity index (χ1v) is 7.39. The Labute approximate surface area is 114 Å². The van der Waals surface area contributed by atoms with Crippen molar-refractivity contribution in [3.05, 3.63) is 35.2 Å². The van der Waals surface area contributed by atoms with Gasteiger partial charge in [-0.1, -0.05) is 0 Å². The van der Waals surface area contributed by atoms with E-state index in [0.717, 1.165) is 22.9 Å². The number of aromatic nitrogens is 4. The van der Waals surface area contributed by atoms with Gasteiger partial charge in [-0.2, -0.15) is 10.1 Å². The molecule has 6 heteroatoms. The smallest absolute Gasteiger partial charge is 0.196 e. The zero-order valence-corrected chi connectivity index (χ0v) is 11.5. The van der Waals surface area contributed by atoms with Gasteiger partial charge in [-0.05, 0) is 25.3 Å². The van der Waals surface area contributed by atoms with Gasteiger partial charge in [-0.15, -0.1) is 11.3 Å². The Bertz CT molecular complexity index is 718. The van der Waals surface area contributed by atoms with E-state index in [9.17, 15) is 0 Å². The van der Waals surface area contributed by atoms with E-state index in [1.54, 1.807) is 11.3 Å². The predicted octanol–water partition coefficient (Wildman–Crippen LogP) is 2.14. The lowest BCUT2D eigenvalue weighted by Gasteiger charge is -2.05. The Hall–Kier alpha value is -1.66. The van der Waals surface area contributed by atoms with Crippen molar-refractivity contribution < 1.29 is 0 Å². The third kappa shape index (κ3) is 1.97. The fraction of sp³-hybridized carbons (Fsp3) is 0.385. The molecule has 0 atom stereocenters. The molecule has 0 bridgehead atoms. The molecular weight excluding hydrogens is 258 g/mol. The van der Waals surface area contributed by atoms with Crippen LogP contribution in [0.2, 0.25) is 0 Å². The second-order valence-corrected chi connectivity index (χ2v) is 5.93. The van der Waals surface area contributed by atoms with Crippen LogP contribution in [0.4, 0.5) is 0 Å². The van der Waals surface area contributed by atoms with Crippen LogP contribution < -0.4 is 5.32 Å². The number of aryl methyl sites for hydroxylation is 1. The zero-order chi connectivity index (χ0) is 12.8. The van der Waals surface area contributed by atoms with Crippen molar-refractivity contribution in [2.24, 2.45) is 0 Å². The maximum absolute atomic E-state index is 4.70. The molecule has 0 amide bonds. The second kappa shape index (κ2) is 4.18. The average molecular weight is 273 g/mol. The van der Waals surface area contributed by atoms with Crippen molar-refractivity contribution in [3.63, 3.8) is 0 Å². The quantitative estimate of drug-likeness (QED) is 0.792. The van der Waals surface area contributed by atoms with E-state index in [1.807, 2.05) is 24.0 Å². The van der Waals surface area contributed by atoms with E-state index in [0.29, 0.717) is 6.04 Å². The maximum atomic E-state index is 4.70. The summed E-state index contributed by atoms with van der Waals surface area (Å²) in [4.78, 5) is 5.72. The minimum Gasteiger partial charge on any atom is -0.308 e. The van der Waals surface area contributed by atoms with Crippen molar-refractivity contribution in [3.8, 4) is 5.82 Å². The number of thiazole rings is 1. The molecule has 0 spiro atoms. The van der Waals surface area contributed by atoms with Crippen molar-refractivity contribution in [1.82, 2.24) is 24.5 Å². The first-order valence-electron chi connectivity index (χ1n) is 6.51. The van der Waals surface area contributed by atoms with Gasteiger partial charge in [-0.25, -0.2) is 4.68 Å². The number of hydrogen-bond acceptors (Lipinski definition) is 4. The lowest BCUT2D eigenvalue weighted by atomic mass is 10.4. The highest BCUT2D eigenvalue weighted by molar-refractivity contribution is 7.15. The van der Waals surface area contributed by atoms with E-state index >= 15 is 0 Å². The lowest BCUT2D eigenvalue weighted by Crippen LogP contribution is -2.18. The van der Waals surface area contributed by atoms with Crippen LogP contribution in [-0.2, 0) is 6.54 Å². The van der Waals surface area contributed by atoms with Crippen LogP contribution in [0.15, 0.2) is 24.0 Å². The van der Waals surface area contributed by atoms with Crippen molar-refractivity contribution in [1.29, 1.82) is 0 Å². The zero-order valence-electron chi connectivity index (χ0n) is 10.7. The number of nitrogens with zero attached hydrogens (tertiary/aromatic N) is 4. The molecule has 3 aromatic rings. The van der Waals surface area contributed by atoms with E-state index in [4.69, 9.17) is 4.98 Å². The normalized spacial score (nSPS) is 15.4. The number of fused-ring (bicyclic) bond motifs is 1. The number of hydrogen-bond donors (Lipinski definition) is 1. The molecule has 0 aromatic carbocycles. The van der Waals surface area contributed by atoms with Gasteiger partial charge in [0.1, 0.15) is 0 Å². The monoisotopic (exact) mass is 273 g/mol. The van der Waals surface area contributed by atoms with Gasteiger partial charge < -0.3 is 5.32 Å². The van der Waals surface area contributed by atoms with Crippen LogP contribution in [0.1, 0.15) is 24.1 Å². The highest BCUT2D eigenvalue weighted by Crippen LogP contribution is 2.23. The molecular formula is C13H15N5S. The second-order valence-electron chi connectivity index (χ2n) is 5.06. The van der Waals surface area contributed by atoms with Crippen LogP contribution in [0.25, 0.3) is 10.8 Å². The standard InChI is InChI=1S/C13H15N5S/c1-9-6-15-18(8-9)12-11(7-14-10-2-3-10)17-4-5-19-13(17)16-12/h4-6,8,10,14H,2-3,7H2,1H3. The van der Waals surface area contributed by atoms with Gasteiger partial charge in [0, 0.05) is 30.4 Å². The molecule has 4 rings (SSSR count). The average Bonchev–Trinajstić information content (AvgIpc) is 2.81. The van der Waals surface area contributed by atoms with Gasteiger partial charge in [0.25, 0.3) is 0 Å². The SMILES string of the molecule is Cc1cnn(-c2nc3sccn3c2CNC2CC2)c1. The summed E-state index contributed by atoms with van der Waals surface area (Å²) in [5.41, 5.74) is 2.34. The van der Waals surface area contributed by atoms with Crippen molar-refractivity contribution in [2.45, 2.75) is 32.4 Å². The highest BCUT2D eigenvalue weighted by Gasteiger charge is 2.22. The molecule has 1 aliphatic carbocycles. The number of imidazole rings is 1. The predicted molar refractivity (Wildman–Crippen MR) is 74.8 cm³/mol. The van der Waals surface area contributed by atoms with E-state index in [-0.39, 0.29) is 0 Å². The minimum absolute atomic E-state index is 0.691. The van der Waals surface area contributed by atoms with Gasteiger partial charge in [0.2, 0.25) is 0 Å². The molecule has 5 nitrogen and oxygen atoms in total. The third-order valence-electron chi connectivity index (χ3n) is 3.40. The van der Waals surface area contributed by atoms with E-state index in [1.165, 1.54) is 18.5 Å². The van der Waals surface area contributed by atoms with Crippen LogP contribution in [0, 0.1) is 6.92 Å². The molecule has 0 unspecified atom stereocenters. The summed E-state index contributed by atoms with van der Waals surface area (Å²) in [7, 11) is 0. The van der Waals surface area contributed by atoms with Gasteiger partial charge in [-0.3, -0.25) is 4.40 Å². The van der Waals surface area contributed by atoms with E-state index < -0.39 is 0 Å². The van der Waals surface area contributed by atoms with Gasteiger partial charge >= 0.3 is 0 Å². The first kappa shape index (κ1) is 11.2. The van der Waals surface area contributed by atoms with Gasteiger partial charge in [0.05, 0.1) is 11.9 Å². The van der Waals surface area contributed by atoms with Gasteiger partial charge in [0.15, 0.2) is 10.8 Å². The molecule has 0 saturated heterocycles. The fourth-order valence-electron chi connectivity index (χ4n) is 2.23. The molecule has 98 valence electrons. The summed E-state index contributed by atoms with van der Waals surface area (Å²) in [6.07, 6.45) is 8.55. The molecule has 3 aromatic heterocycles. The van der Waals surface area contributed by atoms with Crippen LogP contribution in [0.5, 0.6) is 0 Å². The topological polar surface area (TPSA) is 47.2 Å². The Morgan fingerprint density at radius 1 is 1.47 bits per heavy atom. The van der Waals surface area contributed by atoms with E-state index in [2.05, 4.69) is 26.4 Å². The number of rotatable bonds is 4. The maximum Gasteiger partial charge on any atom is 0.196 e. The molecule has 0 aliphatic heterocycles. The minimum atomic E-state index is 0.691. The molecule has 3 heterocycles. The van der Waals surface area contributed by atoms with Crippen molar-refractivity contribution in [2.75, 3.05) is 0 Å². The summed E-state index contributed by atoms with van der Waals surface area (Å²) >= 11 is 1.66.